The molecule has 4 nitrogen and oxygen atoms in total. The minimum Gasteiger partial charge on any atom is -0.494 e. The summed E-state index contributed by atoms with van der Waals surface area (Å²) in [5.74, 6) is 0.631. The fourth-order valence-electron chi connectivity index (χ4n) is 3.04. The number of hydrogen-bond donors (Lipinski definition) is 1. The van der Waals surface area contributed by atoms with Crippen molar-refractivity contribution in [2.75, 3.05) is 12.9 Å². The number of hydrazone groups is 1. The number of rotatable bonds is 10. The maximum atomic E-state index is 12.2. The molecule has 6 heteroatoms. The second kappa shape index (κ2) is 12.2. The number of thioether (sulfide) groups is 1. The molecule has 0 bridgehead atoms. The summed E-state index contributed by atoms with van der Waals surface area (Å²) < 4.78 is 5.80. The van der Waals surface area contributed by atoms with E-state index in [0.717, 1.165) is 34.6 Å². The molecule has 3 rings (SSSR count). The monoisotopic (exact) mass is 452 g/mol. The fourth-order valence-corrected chi connectivity index (χ4v) is 3.83. The topological polar surface area (TPSA) is 50.7 Å². The van der Waals surface area contributed by atoms with E-state index < -0.39 is 0 Å². The normalized spacial score (nSPS) is 10.9. The van der Waals surface area contributed by atoms with E-state index in [2.05, 4.69) is 34.8 Å². The van der Waals surface area contributed by atoms with Gasteiger partial charge in [-0.3, -0.25) is 4.79 Å². The molecule has 0 aliphatic rings. The van der Waals surface area contributed by atoms with Crippen LogP contribution in [0.4, 0.5) is 0 Å². The number of benzene rings is 3. The number of nitrogens with zero attached hydrogens (tertiary/aromatic N) is 1. The summed E-state index contributed by atoms with van der Waals surface area (Å²) in [4.78, 5) is 13.2. The number of aryl methyl sites for hydroxylation is 1. The van der Waals surface area contributed by atoms with Crippen molar-refractivity contribution in [3.05, 3.63) is 94.5 Å². The van der Waals surface area contributed by atoms with E-state index >= 15 is 0 Å². The Morgan fingerprint density at radius 1 is 1.10 bits per heavy atom. The molecule has 0 heterocycles. The third kappa shape index (κ3) is 7.78. The van der Waals surface area contributed by atoms with Gasteiger partial charge in [0.25, 0.3) is 0 Å². The second-order valence-electron chi connectivity index (χ2n) is 6.93. The van der Waals surface area contributed by atoms with Gasteiger partial charge >= 0.3 is 0 Å². The molecule has 0 aliphatic carbocycles. The summed E-state index contributed by atoms with van der Waals surface area (Å²) in [7, 11) is 0. The van der Waals surface area contributed by atoms with Gasteiger partial charge in [0.15, 0.2) is 0 Å². The molecule has 0 spiro atoms. The van der Waals surface area contributed by atoms with Crippen molar-refractivity contribution in [1.82, 2.24) is 5.43 Å². The fraction of sp³-hybridized carbons (Fsp3) is 0.200. The first-order valence-electron chi connectivity index (χ1n) is 10.0. The third-order valence-corrected chi connectivity index (χ3v) is 5.67. The first-order valence-corrected chi connectivity index (χ1v) is 11.7. The van der Waals surface area contributed by atoms with Gasteiger partial charge in [0, 0.05) is 9.92 Å². The molecule has 0 fully saturated rings. The van der Waals surface area contributed by atoms with Crippen molar-refractivity contribution in [2.45, 2.75) is 24.2 Å². The highest BCUT2D eigenvalue weighted by molar-refractivity contribution is 7.98. The molecule has 31 heavy (non-hydrogen) atoms. The predicted octanol–water partition coefficient (Wildman–Crippen LogP) is 5.77. The molecule has 0 atom stereocenters. The first-order chi connectivity index (χ1) is 15.1. The minimum absolute atomic E-state index is 0.188. The zero-order chi connectivity index (χ0) is 21.9. The van der Waals surface area contributed by atoms with E-state index in [0.29, 0.717) is 11.6 Å². The quantitative estimate of drug-likeness (QED) is 0.184. The molecule has 1 amide bonds. The van der Waals surface area contributed by atoms with Gasteiger partial charge in [-0.1, -0.05) is 41.9 Å². The van der Waals surface area contributed by atoms with Crippen molar-refractivity contribution in [3.8, 4) is 5.75 Å². The number of ether oxygens (including phenoxy) is 1. The van der Waals surface area contributed by atoms with Gasteiger partial charge < -0.3 is 4.74 Å². The second-order valence-corrected chi connectivity index (χ2v) is 8.22. The van der Waals surface area contributed by atoms with E-state index in [1.165, 1.54) is 5.56 Å². The highest BCUT2D eigenvalue weighted by atomic mass is 35.5. The Morgan fingerprint density at radius 2 is 1.87 bits per heavy atom. The molecule has 3 aromatic rings. The van der Waals surface area contributed by atoms with E-state index in [-0.39, 0.29) is 12.3 Å². The smallest absolute Gasteiger partial charge is 0.244 e. The summed E-state index contributed by atoms with van der Waals surface area (Å²) in [5.41, 5.74) is 5.66. The lowest BCUT2D eigenvalue weighted by molar-refractivity contribution is -0.120. The van der Waals surface area contributed by atoms with Crippen LogP contribution in [0, 0.1) is 0 Å². The van der Waals surface area contributed by atoms with Crippen LogP contribution < -0.4 is 10.2 Å². The summed E-state index contributed by atoms with van der Waals surface area (Å²) in [6.07, 6.45) is 5.77. The lowest BCUT2D eigenvalue weighted by atomic mass is 10.1. The Balaban J connectivity index is 1.42. The number of halogens is 1. The molecule has 0 saturated heterocycles. The van der Waals surface area contributed by atoms with Gasteiger partial charge in [-0.2, -0.15) is 5.10 Å². The molecule has 3 aromatic carbocycles. The van der Waals surface area contributed by atoms with Gasteiger partial charge in [0.1, 0.15) is 5.75 Å². The highest BCUT2D eigenvalue weighted by Crippen LogP contribution is 2.24. The predicted molar refractivity (Wildman–Crippen MR) is 129 cm³/mol. The van der Waals surface area contributed by atoms with Gasteiger partial charge in [-0.15, -0.1) is 11.8 Å². The molecular weight excluding hydrogens is 428 g/mol. The zero-order valence-corrected chi connectivity index (χ0v) is 19.0. The van der Waals surface area contributed by atoms with Crippen LogP contribution in [-0.4, -0.2) is 25.0 Å². The van der Waals surface area contributed by atoms with E-state index in [1.807, 2.05) is 54.8 Å². The van der Waals surface area contributed by atoms with Crippen LogP contribution in [0.1, 0.15) is 23.1 Å². The number of amides is 1. The van der Waals surface area contributed by atoms with Gasteiger partial charge in [-0.25, -0.2) is 5.43 Å². The summed E-state index contributed by atoms with van der Waals surface area (Å²) in [6.45, 7) is 0.667. The number of carbonyl (C=O) groups excluding carboxylic acids is 1. The third-order valence-electron chi connectivity index (χ3n) is 4.60. The maximum Gasteiger partial charge on any atom is 0.244 e. The van der Waals surface area contributed by atoms with E-state index in [4.69, 9.17) is 16.3 Å². The van der Waals surface area contributed by atoms with E-state index in [9.17, 15) is 4.79 Å². The van der Waals surface area contributed by atoms with Crippen molar-refractivity contribution < 1.29 is 9.53 Å². The van der Waals surface area contributed by atoms with Crippen molar-refractivity contribution in [1.29, 1.82) is 0 Å². The molecular formula is C25H25ClN2O2S. The highest BCUT2D eigenvalue weighted by Gasteiger charge is 2.08. The Morgan fingerprint density at radius 3 is 2.61 bits per heavy atom. The Labute approximate surface area is 192 Å². The average molecular weight is 453 g/mol. The molecule has 0 aromatic heterocycles. The largest absolute Gasteiger partial charge is 0.494 e. The number of nitrogens with one attached hydrogen (secondary N) is 1. The van der Waals surface area contributed by atoms with Gasteiger partial charge in [-0.05, 0) is 78.3 Å². The first kappa shape index (κ1) is 22.9. The van der Waals surface area contributed by atoms with Crippen LogP contribution in [0.3, 0.4) is 0 Å². The standard InChI is InChI=1S/C25H25ClN2O2S/c1-31-24-14-11-22(26)16-21(24)17-25(29)28-27-18-20-9-12-23(13-10-20)30-15-5-8-19-6-3-2-4-7-19/h2-4,6-7,9-14,16,18H,5,8,15,17H2,1H3,(H,28,29)/b27-18-. The maximum absolute atomic E-state index is 12.2. The summed E-state index contributed by atoms with van der Waals surface area (Å²) >= 11 is 7.63. The van der Waals surface area contributed by atoms with Crippen LogP contribution in [0.25, 0.3) is 0 Å². The van der Waals surface area contributed by atoms with Gasteiger partial charge in [0.05, 0.1) is 19.2 Å². The van der Waals surface area contributed by atoms with Crippen molar-refractivity contribution in [3.63, 3.8) is 0 Å². The van der Waals surface area contributed by atoms with Gasteiger partial charge in [0.2, 0.25) is 5.91 Å². The number of hydrogen-bond acceptors (Lipinski definition) is 4. The van der Waals surface area contributed by atoms with E-state index in [1.54, 1.807) is 18.0 Å². The van der Waals surface area contributed by atoms with Crippen molar-refractivity contribution >= 4 is 35.5 Å². The summed E-state index contributed by atoms with van der Waals surface area (Å²) in [5, 5.41) is 4.67. The molecule has 0 aliphatic heterocycles. The molecule has 0 unspecified atom stereocenters. The van der Waals surface area contributed by atoms with Crippen LogP contribution in [0.15, 0.2) is 82.8 Å². The average Bonchev–Trinajstić information content (AvgIpc) is 2.78. The SMILES string of the molecule is CSc1ccc(Cl)cc1CC(=O)N/N=C\c1ccc(OCCCc2ccccc2)cc1. The number of carbonyl (C=O) groups is 1. The summed E-state index contributed by atoms with van der Waals surface area (Å²) in [6, 6.07) is 23.6. The van der Waals surface area contributed by atoms with Crippen LogP contribution in [0.5, 0.6) is 5.75 Å². The van der Waals surface area contributed by atoms with Crippen molar-refractivity contribution in [2.24, 2.45) is 5.10 Å². The Kier molecular flexibility index (Phi) is 9.00. The Hall–Kier alpha value is -2.76. The lowest BCUT2D eigenvalue weighted by Gasteiger charge is -2.07. The zero-order valence-electron chi connectivity index (χ0n) is 17.4. The molecule has 0 radical (unpaired) electrons. The molecule has 0 saturated carbocycles. The van der Waals surface area contributed by atoms with Crippen LogP contribution >= 0.6 is 23.4 Å². The lowest BCUT2D eigenvalue weighted by Crippen LogP contribution is -2.20. The van der Waals surface area contributed by atoms with Crippen LogP contribution in [0.2, 0.25) is 5.02 Å². The molecule has 1 N–H and O–H groups in total. The van der Waals surface area contributed by atoms with Crippen LogP contribution in [-0.2, 0) is 17.6 Å². The minimum atomic E-state index is -0.188. The Bertz CT molecular complexity index is 1010. The molecule has 160 valence electrons.